The molecule has 0 saturated heterocycles. The number of aromatic nitrogens is 1. The molecule has 4 rings (SSSR count). The van der Waals surface area contributed by atoms with Crippen molar-refractivity contribution in [2.24, 2.45) is 4.99 Å². The first-order valence-corrected chi connectivity index (χ1v) is 9.93. The van der Waals surface area contributed by atoms with Crippen LogP contribution in [0.4, 0.5) is 11.4 Å². The van der Waals surface area contributed by atoms with Crippen LogP contribution in [0.5, 0.6) is 5.75 Å². The van der Waals surface area contributed by atoms with Crippen molar-refractivity contribution in [3.63, 3.8) is 0 Å². The molecule has 6 heteroatoms. The number of nitrogens with zero attached hydrogens (tertiary/aromatic N) is 3. The largest absolute Gasteiger partial charge is 0.622 e. The number of quaternary nitrogens is 1. The van der Waals surface area contributed by atoms with Gasteiger partial charge in [0.25, 0.3) is 5.84 Å². The van der Waals surface area contributed by atoms with Gasteiger partial charge in [-0.05, 0) is 68.3 Å². The van der Waals surface area contributed by atoms with Gasteiger partial charge in [-0.25, -0.2) is 4.98 Å². The Kier molecular flexibility index (Phi) is 5.38. The Morgan fingerprint density at radius 1 is 1.00 bits per heavy atom. The number of fused-ring (bicyclic) bond motifs is 1. The van der Waals surface area contributed by atoms with E-state index in [2.05, 4.69) is 16.0 Å². The molecule has 6 nitrogen and oxygen atoms in total. The van der Waals surface area contributed by atoms with Crippen LogP contribution < -0.4 is 9.80 Å². The molecule has 0 radical (unpaired) electrons. The second-order valence-electron chi connectivity index (χ2n) is 8.22. The minimum absolute atomic E-state index is 0.178. The van der Waals surface area contributed by atoms with E-state index >= 15 is 0 Å². The first-order valence-electron chi connectivity index (χ1n) is 9.93. The topological polar surface area (TPSA) is 85.8 Å². The Hall–Kier alpha value is -3.79. The van der Waals surface area contributed by atoms with Crippen molar-refractivity contribution in [3.05, 3.63) is 88.4 Å². The number of hydrogen-bond donors (Lipinski definition) is 1. The van der Waals surface area contributed by atoms with E-state index < -0.39 is 0 Å². The molecule has 31 heavy (non-hydrogen) atoms. The molecule has 1 N–H and O–H groups in total. The molecule has 1 atom stereocenters. The summed E-state index contributed by atoms with van der Waals surface area (Å²) in [5.74, 6) is 1.12. The maximum atomic E-state index is 12.7. The Bertz CT molecular complexity index is 1220. The van der Waals surface area contributed by atoms with Gasteiger partial charge in [0.05, 0.1) is 11.6 Å². The number of amidine groups is 1. The molecule has 1 unspecified atom stereocenters. The Morgan fingerprint density at radius 3 is 2.45 bits per heavy atom. The lowest BCUT2D eigenvalue weighted by Crippen LogP contribution is -3.04. The summed E-state index contributed by atoms with van der Waals surface area (Å²) >= 11 is 0. The summed E-state index contributed by atoms with van der Waals surface area (Å²) < 4.78 is 5.85. The third kappa shape index (κ3) is 4.69. The lowest BCUT2D eigenvalue weighted by Gasteiger charge is -2.21. The summed E-state index contributed by atoms with van der Waals surface area (Å²) in [6, 6.07) is 18.5. The van der Waals surface area contributed by atoms with Crippen molar-refractivity contribution in [1.82, 2.24) is 4.98 Å². The molecule has 154 valence electrons. The highest BCUT2D eigenvalue weighted by Crippen LogP contribution is 2.27. The summed E-state index contributed by atoms with van der Waals surface area (Å²) in [4.78, 5) is 8.76. The number of nitriles is 1. The average Bonchev–Trinajstić information content (AvgIpc) is 3.08. The Labute approximate surface area is 181 Å². The highest BCUT2D eigenvalue weighted by atomic mass is 16.5. The molecule has 2 aromatic carbocycles. The predicted octanol–water partition coefficient (Wildman–Crippen LogP) is 4.41. The normalized spacial score (nSPS) is 15.5. The van der Waals surface area contributed by atoms with Crippen molar-refractivity contribution < 1.29 is 9.80 Å². The molecule has 0 fully saturated rings. The second kappa shape index (κ2) is 8.15. The maximum absolute atomic E-state index is 12.7. The van der Waals surface area contributed by atoms with Crippen molar-refractivity contribution in [2.45, 2.75) is 26.4 Å². The van der Waals surface area contributed by atoms with Crippen LogP contribution in [0.1, 0.15) is 43.2 Å². The van der Waals surface area contributed by atoms with Crippen molar-refractivity contribution in [3.8, 4) is 11.8 Å². The fourth-order valence-corrected chi connectivity index (χ4v) is 3.23. The number of ether oxygens (including phenoxy) is 1. The number of aliphatic imine (C=N–C) groups is 1. The molecule has 1 aromatic heterocycles. The van der Waals surface area contributed by atoms with E-state index in [1.165, 1.54) is 0 Å². The predicted molar refractivity (Wildman–Crippen MR) is 121 cm³/mol. The number of rotatable bonds is 4. The fourth-order valence-electron chi connectivity index (χ4n) is 3.23. The molecule has 0 bridgehead atoms. The monoisotopic (exact) mass is 410 g/mol. The molecule has 0 saturated carbocycles. The smallest absolute Gasteiger partial charge is 0.258 e. The first-order chi connectivity index (χ1) is 14.8. The molecule has 0 aliphatic carbocycles. The highest BCUT2D eigenvalue weighted by Gasteiger charge is 2.26. The molecule has 0 spiro atoms. The number of nitrogens with one attached hydrogen (secondary N) is 1. The molecular formula is C25H22N4O2. The van der Waals surface area contributed by atoms with Gasteiger partial charge in [0.15, 0.2) is 5.69 Å². The van der Waals surface area contributed by atoms with Gasteiger partial charge in [0.1, 0.15) is 22.7 Å². The van der Waals surface area contributed by atoms with E-state index in [1.807, 2.05) is 69.3 Å². The zero-order valence-electron chi connectivity index (χ0n) is 17.6. The maximum Gasteiger partial charge on any atom is 0.258 e. The van der Waals surface area contributed by atoms with E-state index in [-0.39, 0.29) is 10.7 Å². The molecule has 1 aliphatic rings. The van der Waals surface area contributed by atoms with Gasteiger partial charge in [-0.1, -0.05) is 24.3 Å². The fraction of sp³-hybridized carbons (Fsp3) is 0.160. The standard InChI is InChI=1S/C25H22N4O2/c1-25(2,3)31-20-9-6-17(7-10-20)4-5-18-12-13-27-22(14-18)24-28-21-15-19(16-26)8-11-23(21)29(24)30/h4-15,29H,1-3H3/b5-4+. The van der Waals surface area contributed by atoms with Crippen molar-refractivity contribution in [1.29, 1.82) is 5.26 Å². The van der Waals surface area contributed by atoms with Gasteiger partial charge >= 0.3 is 0 Å². The molecule has 0 amide bonds. The van der Waals surface area contributed by atoms with Crippen LogP contribution in [0.25, 0.3) is 12.2 Å². The zero-order valence-corrected chi connectivity index (χ0v) is 17.6. The van der Waals surface area contributed by atoms with E-state index in [9.17, 15) is 5.21 Å². The first kappa shape index (κ1) is 20.5. The molecule has 1 aliphatic heterocycles. The lowest BCUT2D eigenvalue weighted by molar-refractivity contribution is -0.663. The van der Waals surface area contributed by atoms with Crippen LogP contribution in [0.3, 0.4) is 0 Å². The minimum atomic E-state index is -0.235. The summed E-state index contributed by atoms with van der Waals surface area (Å²) in [6.07, 6.45) is 5.62. The van der Waals surface area contributed by atoms with E-state index in [0.717, 1.165) is 16.9 Å². The summed E-state index contributed by atoms with van der Waals surface area (Å²) in [7, 11) is 0. The quantitative estimate of drug-likeness (QED) is 0.646. The van der Waals surface area contributed by atoms with Gasteiger partial charge in [-0.3, -0.25) is 5.06 Å². The van der Waals surface area contributed by atoms with Crippen molar-refractivity contribution >= 4 is 29.4 Å². The Balaban J connectivity index is 1.53. The number of hydrogen-bond acceptors (Lipinski definition) is 5. The van der Waals surface area contributed by atoms with Crippen molar-refractivity contribution in [2.75, 3.05) is 0 Å². The van der Waals surface area contributed by atoms with Gasteiger partial charge in [-0.15, -0.1) is 0 Å². The summed E-state index contributed by atoms with van der Waals surface area (Å²) in [5, 5.41) is 21.6. The van der Waals surface area contributed by atoms with Gasteiger partial charge in [-0.2, -0.15) is 10.3 Å². The van der Waals surface area contributed by atoms with Gasteiger partial charge < -0.3 is 9.94 Å². The third-order valence-corrected chi connectivity index (χ3v) is 4.62. The number of benzene rings is 2. The third-order valence-electron chi connectivity index (χ3n) is 4.62. The number of hydroxylamine groups is 1. The van der Waals surface area contributed by atoms with Crippen LogP contribution >= 0.6 is 0 Å². The lowest BCUT2D eigenvalue weighted by atomic mass is 10.1. The molecular weight excluding hydrogens is 388 g/mol. The van der Waals surface area contributed by atoms with Crippen LogP contribution in [-0.4, -0.2) is 16.4 Å². The van der Waals surface area contributed by atoms with Crippen LogP contribution in [0.2, 0.25) is 0 Å². The minimum Gasteiger partial charge on any atom is -0.622 e. The van der Waals surface area contributed by atoms with E-state index in [4.69, 9.17) is 10.00 Å². The van der Waals surface area contributed by atoms with Gasteiger partial charge in [0, 0.05) is 12.3 Å². The average molecular weight is 410 g/mol. The SMILES string of the molecule is CC(C)(C)Oc1ccc(/C=C/c2ccnc(C3=Nc4cc(C#N)ccc4[NH+]3[O-])c2)cc1. The number of pyridine rings is 1. The zero-order chi connectivity index (χ0) is 22.0. The Morgan fingerprint density at radius 2 is 1.74 bits per heavy atom. The van der Waals surface area contributed by atoms with E-state index in [1.54, 1.807) is 24.4 Å². The van der Waals surface area contributed by atoms with Crippen LogP contribution in [0, 0.1) is 16.5 Å². The van der Waals surface area contributed by atoms with Crippen LogP contribution in [-0.2, 0) is 0 Å². The molecule has 3 aromatic rings. The molecule has 2 heterocycles. The van der Waals surface area contributed by atoms with E-state index in [0.29, 0.717) is 28.5 Å². The summed E-state index contributed by atoms with van der Waals surface area (Å²) in [5.41, 5.74) is 3.69. The second-order valence-corrected chi connectivity index (χ2v) is 8.22. The highest BCUT2D eigenvalue weighted by molar-refractivity contribution is 5.98. The summed E-state index contributed by atoms with van der Waals surface area (Å²) in [6.45, 7) is 6.05. The van der Waals surface area contributed by atoms with Crippen LogP contribution in [0.15, 0.2) is 65.8 Å². The van der Waals surface area contributed by atoms with Gasteiger partial charge in [0.2, 0.25) is 0 Å².